The van der Waals surface area contributed by atoms with Gasteiger partial charge in [0.25, 0.3) is 0 Å². The van der Waals surface area contributed by atoms with Gasteiger partial charge < -0.3 is 10.4 Å². The minimum absolute atomic E-state index is 0.0115. The summed E-state index contributed by atoms with van der Waals surface area (Å²) in [4.78, 5) is 9.72. The van der Waals surface area contributed by atoms with E-state index in [0.29, 0.717) is 12.1 Å². The number of carboxylic acid groups (broad SMARTS) is 1. The van der Waals surface area contributed by atoms with E-state index in [2.05, 4.69) is 5.32 Å². The summed E-state index contributed by atoms with van der Waals surface area (Å²) in [7, 11) is -4.57. The summed E-state index contributed by atoms with van der Waals surface area (Å²) in [6.45, 7) is 4.87. The van der Waals surface area contributed by atoms with Crippen LogP contribution in [0.25, 0.3) is 0 Å². The van der Waals surface area contributed by atoms with Crippen LogP contribution < -0.4 is 10.0 Å². The lowest BCUT2D eigenvalue weighted by Crippen LogP contribution is -2.45. The molecule has 3 N–H and O–H groups in total. The van der Waals surface area contributed by atoms with Crippen LogP contribution >= 0.6 is 0 Å². The molecule has 0 saturated carbocycles. The van der Waals surface area contributed by atoms with E-state index in [1.165, 1.54) is 0 Å². The maximum absolute atomic E-state index is 13.1. The number of sulfonamides is 1. The van der Waals surface area contributed by atoms with Crippen LogP contribution in [-0.4, -0.2) is 32.2 Å². The van der Waals surface area contributed by atoms with Gasteiger partial charge >= 0.3 is 12.3 Å². The maximum atomic E-state index is 13.1. The molecule has 0 aromatic heterocycles. The molecule has 0 radical (unpaired) electrons. The fourth-order valence-electron chi connectivity index (χ4n) is 2.24. The van der Waals surface area contributed by atoms with Crippen LogP contribution in [0.3, 0.4) is 0 Å². The van der Waals surface area contributed by atoms with Crippen molar-refractivity contribution in [3.63, 3.8) is 0 Å². The lowest BCUT2D eigenvalue weighted by molar-refractivity contribution is -0.140. The summed E-state index contributed by atoms with van der Waals surface area (Å²) in [5, 5.41) is 11.1. The fraction of sp³-hybridized carbons (Fsp3) is 0.533. The van der Waals surface area contributed by atoms with Crippen molar-refractivity contribution in [2.45, 2.75) is 44.3 Å². The van der Waals surface area contributed by atoms with Gasteiger partial charge in [0, 0.05) is 12.6 Å². The Morgan fingerprint density at radius 2 is 1.81 bits per heavy atom. The fourth-order valence-corrected chi connectivity index (χ4v) is 3.50. The van der Waals surface area contributed by atoms with Gasteiger partial charge in [0.2, 0.25) is 10.0 Å². The quantitative estimate of drug-likeness (QED) is 0.639. The largest absolute Gasteiger partial charge is 0.465 e. The van der Waals surface area contributed by atoms with Crippen molar-refractivity contribution in [3.05, 3.63) is 29.6 Å². The van der Waals surface area contributed by atoms with E-state index in [9.17, 15) is 30.8 Å². The van der Waals surface area contributed by atoms with Gasteiger partial charge in [-0.05, 0) is 30.0 Å². The molecule has 1 aromatic rings. The third-order valence-corrected chi connectivity index (χ3v) is 5.12. The highest BCUT2D eigenvalue weighted by Gasteiger charge is 2.37. The molecule has 0 fully saturated rings. The first-order valence-electron chi connectivity index (χ1n) is 7.50. The number of hydrogen-bond acceptors (Lipinski definition) is 3. The number of alkyl halides is 3. The molecule has 1 atom stereocenters. The zero-order valence-corrected chi connectivity index (χ0v) is 15.1. The van der Waals surface area contributed by atoms with Crippen LogP contribution in [-0.2, 0) is 16.2 Å². The molecule has 1 rings (SSSR count). The highest BCUT2D eigenvalue weighted by molar-refractivity contribution is 7.89. The van der Waals surface area contributed by atoms with E-state index in [0.717, 1.165) is 0 Å². The molecule has 0 aliphatic rings. The number of halogens is 4. The van der Waals surface area contributed by atoms with E-state index in [1.54, 1.807) is 20.8 Å². The molecule has 1 amide bonds. The first-order valence-corrected chi connectivity index (χ1v) is 8.99. The summed E-state index contributed by atoms with van der Waals surface area (Å²) in [5.74, 6) is -1.21. The number of amides is 1. The van der Waals surface area contributed by atoms with Crippen molar-refractivity contribution < 1.29 is 35.9 Å². The Hall–Kier alpha value is -1.88. The van der Waals surface area contributed by atoms with Crippen LogP contribution in [0.15, 0.2) is 23.1 Å². The second-order valence-corrected chi connectivity index (χ2v) is 8.43. The van der Waals surface area contributed by atoms with Crippen LogP contribution in [0.4, 0.5) is 22.4 Å². The summed E-state index contributed by atoms with van der Waals surface area (Å²) in [6, 6.07) is 0.627. The van der Waals surface area contributed by atoms with E-state index < -0.39 is 50.0 Å². The average Bonchev–Trinajstić information content (AvgIpc) is 2.43. The van der Waals surface area contributed by atoms with Crippen LogP contribution in [0, 0.1) is 11.2 Å². The van der Waals surface area contributed by atoms with Gasteiger partial charge in [-0.3, -0.25) is 0 Å². The molecular formula is C15H20F4N2O4S. The molecule has 0 spiro atoms. The lowest BCUT2D eigenvalue weighted by atomic mass is 9.85. The van der Waals surface area contributed by atoms with Gasteiger partial charge in [0.05, 0.1) is 10.5 Å². The van der Waals surface area contributed by atoms with Crippen LogP contribution in [0.2, 0.25) is 0 Å². The molecule has 0 aliphatic heterocycles. The minimum atomic E-state index is -5.05. The van der Waals surface area contributed by atoms with Crippen molar-refractivity contribution in [1.82, 2.24) is 10.0 Å². The van der Waals surface area contributed by atoms with Gasteiger partial charge in [0.1, 0.15) is 5.82 Å². The van der Waals surface area contributed by atoms with Crippen LogP contribution in [0.5, 0.6) is 0 Å². The van der Waals surface area contributed by atoms with Gasteiger partial charge in [-0.25, -0.2) is 22.3 Å². The number of rotatable bonds is 6. The van der Waals surface area contributed by atoms with Crippen molar-refractivity contribution in [1.29, 1.82) is 0 Å². The predicted octanol–water partition coefficient (Wildman–Crippen LogP) is 3.20. The van der Waals surface area contributed by atoms with Crippen molar-refractivity contribution in [3.8, 4) is 0 Å². The molecule has 11 heteroatoms. The highest BCUT2D eigenvalue weighted by Crippen LogP contribution is 2.34. The standard InChI is InChI=1S/C15H20F4N2O4S/c1-14(2,3)12(21-13(22)23)6-7-20-26(24,25)11-5-4-9(16)8-10(11)15(17,18)19/h4-5,8,12,20-21H,6-7H2,1-3H3,(H,22,23). The van der Waals surface area contributed by atoms with Gasteiger partial charge in [0.15, 0.2) is 0 Å². The van der Waals surface area contributed by atoms with E-state index >= 15 is 0 Å². The molecule has 6 nitrogen and oxygen atoms in total. The van der Waals surface area contributed by atoms with Crippen LogP contribution in [0.1, 0.15) is 32.8 Å². The van der Waals surface area contributed by atoms with Gasteiger partial charge in [-0.2, -0.15) is 13.2 Å². The number of nitrogens with one attached hydrogen (secondary N) is 2. The molecule has 0 heterocycles. The molecule has 1 aromatic carbocycles. The van der Waals surface area contributed by atoms with Gasteiger partial charge in [-0.15, -0.1) is 0 Å². The monoisotopic (exact) mass is 400 g/mol. The second-order valence-electron chi connectivity index (χ2n) is 6.69. The predicted molar refractivity (Wildman–Crippen MR) is 85.6 cm³/mol. The maximum Gasteiger partial charge on any atom is 0.417 e. The highest BCUT2D eigenvalue weighted by atomic mass is 32.2. The number of benzene rings is 1. The molecule has 1 unspecified atom stereocenters. The van der Waals surface area contributed by atoms with Crippen molar-refractivity contribution in [2.75, 3.05) is 6.54 Å². The third-order valence-electron chi connectivity index (χ3n) is 3.60. The van der Waals surface area contributed by atoms with Crippen molar-refractivity contribution >= 4 is 16.1 Å². The molecule has 0 bridgehead atoms. The summed E-state index contributed by atoms with van der Waals surface area (Å²) in [5.41, 5.74) is -2.15. The molecule has 0 aliphatic carbocycles. The molecule has 26 heavy (non-hydrogen) atoms. The number of hydrogen-bond donors (Lipinski definition) is 3. The zero-order valence-electron chi connectivity index (χ0n) is 14.3. The Bertz CT molecular complexity index is 758. The second kappa shape index (κ2) is 7.78. The first-order chi connectivity index (χ1) is 11.6. The first kappa shape index (κ1) is 22.2. The summed E-state index contributed by atoms with van der Waals surface area (Å²) >= 11 is 0. The Labute approximate surface area is 148 Å². The molecule has 148 valence electrons. The third kappa shape index (κ3) is 6.13. The normalized spacial score (nSPS) is 14.1. The molecule has 0 saturated heterocycles. The average molecular weight is 400 g/mol. The van der Waals surface area contributed by atoms with Crippen molar-refractivity contribution in [2.24, 2.45) is 5.41 Å². The summed E-state index contributed by atoms with van der Waals surface area (Å²) < 4.78 is 78.4. The number of carbonyl (C=O) groups is 1. The van der Waals surface area contributed by atoms with Gasteiger partial charge in [-0.1, -0.05) is 20.8 Å². The zero-order chi connectivity index (χ0) is 20.3. The smallest absolute Gasteiger partial charge is 0.417 e. The Kier molecular flexibility index (Phi) is 6.64. The van der Waals surface area contributed by atoms with E-state index in [4.69, 9.17) is 5.11 Å². The SMILES string of the molecule is CC(C)(C)C(CCNS(=O)(=O)c1ccc(F)cc1C(F)(F)F)NC(=O)O. The van der Waals surface area contributed by atoms with E-state index in [-0.39, 0.29) is 19.0 Å². The Morgan fingerprint density at radius 3 is 2.27 bits per heavy atom. The molecular weight excluding hydrogens is 380 g/mol. The van der Waals surface area contributed by atoms with E-state index in [1.807, 2.05) is 4.72 Å². The summed E-state index contributed by atoms with van der Waals surface area (Å²) in [6.07, 6.45) is -6.34. The minimum Gasteiger partial charge on any atom is -0.465 e. The lowest BCUT2D eigenvalue weighted by Gasteiger charge is -2.30. The topological polar surface area (TPSA) is 95.5 Å². The Morgan fingerprint density at radius 1 is 1.23 bits per heavy atom. The Balaban J connectivity index is 2.99.